The number of ether oxygens (including phenoxy) is 1. The van der Waals surface area contributed by atoms with Crippen molar-refractivity contribution in [3.63, 3.8) is 0 Å². The van der Waals surface area contributed by atoms with E-state index in [1.54, 1.807) is 4.52 Å². The van der Waals surface area contributed by atoms with E-state index < -0.39 is 0 Å². The molecule has 0 bridgehead atoms. The molecular formula is C19H25N5O. The van der Waals surface area contributed by atoms with Crippen LogP contribution in [0.2, 0.25) is 0 Å². The predicted molar refractivity (Wildman–Crippen MR) is 101 cm³/mol. The highest BCUT2D eigenvalue weighted by molar-refractivity contribution is 5.77. The molecule has 3 rings (SSSR count). The molecule has 132 valence electrons. The summed E-state index contributed by atoms with van der Waals surface area (Å²) in [6.07, 6.45) is 3.75. The van der Waals surface area contributed by atoms with Gasteiger partial charge in [0.15, 0.2) is 5.65 Å². The number of nitrogens with one attached hydrogen (secondary N) is 1. The van der Waals surface area contributed by atoms with Crippen molar-refractivity contribution in [1.82, 2.24) is 14.6 Å². The first-order valence-electron chi connectivity index (χ1n) is 8.48. The van der Waals surface area contributed by atoms with Crippen molar-refractivity contribution < 1.29 is 4.74 Å². The van der Waals surface area contributed by atoms with Gasteiger partial charge in [-0.2, -0.15) is 5.10 Å². The zero-order valence-electron chi connectivity index (χ0n) is 15.0. The molecule has 3 aromatic rings. The summed E-state index contributed by atoms with van der Waals surface area (Å²) in [5, 5.41) is 7.69. The Bertz CT molecular complexity index is 833. The Morgan fingerprint density at radius 2 is 1.92 bits per heavy atom. The third-order valence-corrected chi connectivity index (χ3v) is 3.81. The van der Waals surface area contributed by atoms with Crippen LogP contribution in [0.5, 0.6) is 0 Å². The molecule has 0 amide bonds. The fraction of sp³-hybridized carbons (Fsp3) is 0.368. The fourth-order valence-electron chi connectivity index (χ4n) is 2.53. The lowest BCUT2D eigenvalue weighted by atomic mass is 10.1. The van der Waals surface area contributed by atoms with Crippen LogP contribution in [0.25, 0.3) is 16.8 Å². The van der Waals surface area contributed by atoms with Crippen LogP contribution < -0.4 is 11.1 Å². The molecule has 0 atom stereocenters. The van der Waals surface area contributed by atoms with Gasteiger partial charge in [0.2, 0.25) is 0 Å². The molecule has 0 spiro atoms. The normalized spacial score (nSPS) is 11.8. The van der Waals surface area contributed by atoms with Gasteiger partial charge in [-0.15, -0.1) is 0 Å². The highest BCUT2D eigenvalue weighted by Gasteiger charge is 2.11. The van der Waals surface area contributed by atoms with Gasteiger partial charge in [-0.3, -0.25) is 0 Å². The van der Waals surface area contributed by atoms with Gasteiger partial charge in [0.1, 0.15) is 5.82 Å². The molecule has 0 aliphatic heterocycles. The van der Waals surface area contributed by atoms with E-state index >= 15 is 0 Å². The highest BCUT2D eigenvalue weighted by atomic mass is 16.5. The third kappa shape index (κ3) is 4.35. The van der Waals surface area contributed by atoms with Crippen molar-refractivity contribution in [2.24, 2.45) is 5.73 Å². The second-order valence-electron chi connectivity index (χ2n) is 6.93. The monoisotopic (exact) mass is 339 g/mol. The number of rotatable bonds is 6. The van der Waals surface area contributed by atoms with Crippen molar-refractivity contribution in [2.75, 3.05) is 18.5 Å². The van der Waals surface area contributed by atoms with E-state index in [1.807, 2.05) is 51.4 Å². The quantitative estimate of drug-likeness (QED) is 0.675. The Labute approximate surface area is 148 Å². The summed E-state index contributed by atoms with van der Waals surface area (Å²) in [7, 11) is 0. The Hall–Kier alpha value is -2.44. The van der Waals surface area contributed by atoms with Gasteiger partial charge in [-0.1, -0.05) is 24.3 Å². The lowest BCUT2D eigenvalue weighted by Gasteiger charge is -2.19. The van der Waals surface area contributed by atoms with Crippen molar-refractivity contribution in [2.45, 2.75) is 32.9 Å². The zero-order chi connectivity index (χ0) is 17.9. The topological polar surface area (TPSA) is 77.5 Å². The number of nitrogens with two attached hydrogens (primary N) is 1. The molecule has 2 aromatic heterocycles. The molecule has 2 heterocycles. The van der Waals surface area contributed by atoms with E-state index in [-0.39, 0.29) is 5.60 Å². The van der Waals surface area contributed by atoms with E-state index in [0.29, 0.717) is 19.7 Å². The second kappa shape index (κ2) is 7.21. The summed E-state index contributed by atoms with van der Waals surface area (Å²) < 4.78 is 7.50. The molecule has 0 fully saturated rings. The summed E-state index contributed by atoms with van der Waals surface area (Å²) in [6.45, 7) is 8.01. The molecule has 0 aliphatic carbocycles. The lowest BCUT2D eigenvalue weighted by Crippen LogP contribution is -2.23. The van der Waals surface area contributed by atoms with Gasteiger partial charge in [0.25, 0.3) is 0 Å². The van der Waals surface area contributed by atoms with Gasteiger partial charge in [-0.25, -0.2) is 9.50 Å². The fourth-order valence-corrected chi connectivity index (χ4v) is 2.53. The van der Waals surface area contributed by atoms with Crippen molar-refractivity contribution in [3.05, 3.63) is 48.3 Å². The van der Waals surface area contributed by atoms with Gasteiger partial charge in [0.05, 0.1) is 18.4 Å². The number of hydrogen-bond acceptors (Lipinski definition) is 5. The summed E-state index contributed by atoms with van der Waals surface area (Å²) in [4.78, 5) is 4.70. The lowest BCUT2D eigenvalue weighted by molar-refractivity contribution is 0.00331. The van der Waals surface area contributed by atoms with Gasteiger partial charge < -0.3 is 15.8 Å². The molecule has 1 aromatic carbocycles. The number of benzene rings is 1. The smallest absolute Gasteiger partial charge is 0.165 e. The maximum Gasteiger partial charge on any atom is 0.165 e. The van der Waals surface area contributed by atoms with E-state index in [9.17, 15) is 0 Å². The average molecular weight is 339 g/mol. The molecule has 0 unspecified atom stereocenters. The molecule has 6 heteroatoms. The SMILES string of the molecule is CC(C)(C)OCCNc1ccn2ncc(-c3ccc(CN)cc3)c2n1. The second-order valence-corrected chi connectivity index (χ2v) is 6.93. The van der Waals surface area contributed by atoms with Crippen LogP contribution in [-0.2, 0) is 11.3 Å². The molecule has 0 aliphatic rings. The molecular weight excluding hydrogens is 314 g/mol. The number of hydrogen-bond donors (Lipinski definition) is 2. The minimum absolute atomic E-state index is 0.132. The van der Waals surface area contributed by atoms with Gasteiger partial charge >= 0.3 is 0 Å². The molecule has 0 radical (unpaired) electrons. The number of anilines is 1. The van der Waals surface area contributed by atoms with E-state index in [2.05, 4.69) is 22.5 Å². The van der Waals surface area contributed by atoms with Crippen LogP contribution in [0.1, 0.15) is 26.3 Å². The summed E-state index contributed by atoms with van der Waals surface area (Å²) in [5.41, 5.74) is 9.54. The van der Waals surface area contributed by atoms with Crippen molar-refractivity contribution >= 4 is 11.5 Å². The molecule has 0 saturated carbocycles. The van der Waals surface area contributed by atoms with Crippen LogP contribution >= 0.6 is 0 Å². The standard InChI is InChI=1S/C19H25N5O/c1-19(2,3)25-11-9-21-17-8-10-24-18(23-17)16(13-22-24)15-6-4-14(12-20)5-7-15/h4-8,10,13H,9,11-12,20H2,1-3H3,(H,21,23). The Morgan fingerprint density at radius 1 is 1.16 bits per heavy atom. The first-order chi connectivity index (χ1) is 12.0. The Morgan fingerprint density at radius 3 is 2.60 bits per heavy atom. The molecule has 6 nitrogen and oxygen atoms in total. The van der Waals surface area contributed by atoms with Gasteiger partial charge in [-0.05, 0) is 38.0 Å². The summed E-state index contributed by atoms with van der Waals surface area (Å²) in [5.74, 6) is 0.810. The molecule has 0 saturated heterocycles. The summed E-state index contributed by atoms with van der Waals surface area (Å²) in [6, 6.07) is 10.1. The van der Waals surface area contributed by atoms with Crippen LogP contribution in [0.4, 0.5) is 5.82 Å². The van der Waals surface area contributed by atoms with Gasteiger partial charge in [0, 0.05) is 24.8 Å². The Kier molecular flexibility index (Phi) is 5.01. The van der Waals surface area contributed by atoms with Crippen molar-refractivity contribution in [1.29, 1.82) is 0 Å². The maximum absolute atomic E-state index is 5.72. The van der Waals surface area contributed by atoms with Crippen molar-refractivity contribution in [3.8, 4) is 11.1 Å². The minimum Gasteiger partial charge on any atom is -0.374 e. The third-order valence-electron chi connectivity index (χ3n) is 3.81. The number of nitrogens with zero attached hydrogens (tertiary/aromatic N) is 3. The Balaban J connectivity index is 1.77. The zero-order valence-corrected chi connectivity index (χ0v) is 15.0. The molecule has 3 N–H and O–H groups in total. The van der Waals surface area contributed by atoms with Crippen LogP contribution in [0.3, 0.4) is 0 Å². The van der Waals surface area contributed by atoms with E-state index in [1.165, 1.54) is 0 Å². The predicted octanol–water partition coefficient (Wildman–Crippen LogP) is 3.08. The van der Waals surface area contributed by atoms with E-state index in [4.69, 9.17) is 15.5 Å². The first-order valence-corrected chi connectivity index (χ1v) is 8.48. The maximum atomic E-state index is 5.72. The van der Waals surface area contributed by atoms with Crippen LogP contribution in [0.15, 0.2) is 42.7 Å². The average Bonchev–Trinajstić information content (AvgIpc) is 3.01. The number of fused-ring (bicyclic) bond motifs is 1. The number of aromatic nitrogens is 3. The van der Waals surface area contributed by atoms with Crippen LogP contribution in [-0.4, -0.2) is 33.4 Å². The summed E-state index contributed by atoms with van der Waals surface area (Å²) >= 11 is 0. The van der Waals surface area contributed by atoms with E-state index in [0.717, 1.165) is 28.2 Å². The molecule has 25 heavy (non-hydrogen) atoms. The largest absolute Gasteiger partial charge is 0.374 e. The van der Waals surface area contributed by atoms with Crippen LogP contribution in [0, 0.1) is 0 Å². The minimum atomic E-state index is -0.132. The highest BCUT2D eigenvalue weighted by Crippen LogP contribution is 2.24. The first kappa shape index (κ1) is 17.4.